The molecule has 74 valence electrons. The van der Waals surface area contributed by atoms with Crippen LogP contribution in [0.5, 0.6) is 5.75 Å². The Kier molecular flexibility index (Phi) is 4.73. The van der Waals surface area contributed by atoms with Gasteiger partial charge in [-0.3, -0.25) is 0 Å². The van der Waals surface area contributed by atoms with E-state index >= 15 is 0 Å². The van der Waals surface area contributed by atoms with Crippen LogP contribution in [0.3, 0.4) is 0 Å². The van der Waals surface area contributed by atoms with Gasteiger partial charge in [0.15, 0.2) is 0 Å². The first-order chi connectivity index (χ1) is 5.66. The van der Waals surface area contributed by atoms with Crippen LogP contribution < -0.4 is 10.5 Å². The summed E-state index contributed by atoms with van der Waals surface area (Å²) < 4.78 is 18.1. The lowest BCUT2D eigenvalue weighted by Crippen LogP contribution is -2.09. The first-order valence-electron chi connectivity index (χ1n) is 3.74. The summed E-state index contributed by atoms with van der Waals surface area (Å²) in [4.78, 5) is 0. The summed E-state index contributed by atoms with van der Waals surface area (Å²) in [6.45, 7) is 1.72. The monoisotopic (exact) mass is 205 g/mol. The summed E-state index contributed by atoms with van der Waals surface area (Å²) in [5.74, 6) is 0.189. The molecule has 2 N–H and O–H groups in total. The molecule has 1 aromatic carbocycles. The van der Waals surface area contributed by atoms with Gasteiger partial charge in [-0.1, -0.05) is 6.07 Å². The number of hydrogen-bond donors (Lipinski definition) is 1. The number of ether oxygens (including phenoxy) is 1. The van der Waals surface area contributed by atoms with Crippen molar-refractivity contribution in [3.05, 3.63) is 29.6 Å². The number of nitrogens with two attached hydrogens (primary N) is 1. The number of rotatable bonds is 2. The molecule has 0 saturated heterocycles. The fourth-order valence-electron chi connectivity index (χ4n) is 1.14. The van der Waals surface area contributed by atoms with Crippen LogP contribution in [0.25, 0.3) is 0 Å². The second-order valence-electron chi connectivity index (χ2n) is 2.64. The third-order valence-electron chi connectivity index (χ3n) is 1.69. The zero-order chi connectivity index (χ0) is 9.14. The van der Waals surface area contributed by atoms with Gasteiger partial charge in [-0.15, -0.1) is 12.4 Å². The quantitative estimate of drug-likeness (QED) is 0.804. The lowest BCUT2D eigenvalue weighted by molar-refractivity contribution is 0.400. The van der Waals surface area contributed by atoms with Gasteiger partial charge in [-0.05, 0) is 19.1 Å². The van der Waals surface area contributed by atoms with E-state index in [4.69, 9.17) is 10.5 Å². The third kappa shape index (κ3) is 2.57. The van der Waals surface area contributed by atoms with Crippen LogP contribution in [0.15, 0.2) is 18.2 Å². The van der Waals surface area contributed by atoms with Crippen LogP contribution in [0.4, 0.5) is 4.39 Å². The number of benzene rings is 1. The molecule has 0 heterocycles. The minimum Gasteiger partial charge on any atom is -0.496 e. The van der Waals surface area contributed by atoms with E-state index in [1.54, 1.807) is 19.1 Å². The van der Waals surface area contributed by atoms with E-state index in [-0.39, 0.29) is 24.3 Å². The highest BCUT2D eigenvalue weighted by Crippen LogP contribution is 2.25. The molecule has 0 spiro atoms. The number of hydrogen-bond acceptors (Lipinski definition) is 2. The minimum absolute atomic E-state index is 0. The van der Waals surface area contributed by atoms with E-state index in [1.807, 2.05) is 0 Å². The molecule has 0 radical (unpaired) electrons. The molecule has 0 fully saturated rings. The second kappa shape index (κ2) is 5.04. The number of methoxy groups -OCH3 is 1. The molecule has 0 saturated carbocycles. The Morgan fingerprint density at radius 2 is 2.08 bits per heavy atom. The zero-order valence-electron chi connectivity index (χ0n) is 7.58. The standard InChI is InChI=1S/C9H12FNO.ClH/c1-6(11)9-7(10)4-3-5-8(9)12-2;/h3-6H,11H2,1-2H3;1H/t6-;/m1./s1. The Labute approximate surface area is 83.3 Å². The van der Waals surface area contributed by atoms with Crippen molar-refractivity contribution in [3.8, 4) is 5.75 Å². The predicted molar refractivity (Wildman–Crippen MR) is 52.8 cm³/mol. The Morgan fingerprint density at radius 3 is 2.46 bits per heavy atom. The van der Waals surface area contributed by atoms with Gasteiger partial charge >= 0.3 is 0 Å². The lowest BCUT2D eigenvalue weighted by Gasteiger charge is -2.11. The summed E-state index contributed by atoms with van der Waals surface area (Å²) in [5, 5.41) is 0. The molecule has 0 aliphatic rings. The van der Waals surface area contributed by atoms with Gasteiger partial charge in [-0.2, -0.15) is 0 Å². The molecular weight excluding hydrogens is 193 g/mol. The molecule has 0 aromatic heterocycles. The van der Waals surface area contributed by atoms with Gasteiger partial charge in [0.2, 0.25) is 0 Å². The minimum atomic E-state index is -0.346. The van der Waals surface area contributed by atoms with Gasteiger partial charge in [0, 0.05) is 11.6 Å². The van der Waals surface area contributed by atoms with Crippen molar-refractivity contribution in [3.63, 3.8) is 0 Å². The highest BCUT2D eigenvalue weighted by molar-refractivity contribution is 5.85. The van der Waals surface area contributed by atoms with E-state index in [0.29, 0.717) is 11.3 Å². The molecule has 0 amide bonds. The summed E-state index contributed by atoms with van der Waals surface area (Å²) >= 11 is 0. The van der Waals surface area contributed by atoms with Crippen molar-refractivity contribution in [1.82, 2.24) is 0 Å². The Morgan fingerprint density at radius 1 is 1.46 bits per heavy atom. The van der Waals surface area contributed by atoms with E-state index in [2.05, 4.69) is 0 Å². The molecule has 4 heteroatoms. The molecule has 0 aliphatic heterocycles. The molecule has 1 rings (SSSR count). The van der Waals surface area contributed by atoms with Crippen LogP contribution in [-0.4, -0.2) is 7.11 Å². The average Bonchev–Trinajstić information content (AvgIpc) is 2.03. The molecule has 1 aromatic rings. The number of halogens is 2. The maximum absolute atomic E-state index is 13.1. The van der Waals surface area contributed by atoms with Crippen LogP contribution in [0.1, 0.15) is 18.5 Å². The summed E-state index contributed by atoms with van der Waals surface area (Å²) in [5.41, 5.74) is 6.00. The summed E-state index contributed by atoms with van der Waals surface area (Å²) in [6.07, 6.45) is 0. The molecule has 1 atom stereocenters. The highest BCUT2D eigenvalue weighted by Gasteiger charge is 2.11. The highest BCUT2D eigenvalue weighted by atomic mass is 35.5. The normalized spacial score (nSPS) is 11.7. The van der Waals surface area contributed by atoms with Gasteiger partial charge in [-0.25, -0.2) is 4.39 Å². The first-order valence-corrected chi connectivity index (χ1v) is 3.74. The fourth-order valence-corrected chi connectivity index (χ4v) is 1.14. The Bertz CT molecular complexity index is 278. The second-order valence-corrected chi connectivity index (χ2v) is 2.64. The molecule has 0 bridgehead atoms. The van der Waals surface area contributed by atoms with Crippen LogP contribution in [0, 0.1) is 5.82 Å². The SMILES string of the molecule is COc1cccc(F)c1[C@@H](C)N.Cl. The van der Waals surface area contributed by atoms with E-state index < -0.39 is 0 Å². The third-order valence-corrected chi connectivity index (χ3v) is 1.69. The topological polar surface area (TPSA) is 35.2 Å². The maximum atomic E-state index is 13.1. The average molecular weight is 206 g/mol. The Hall–Kier alpha value is -0.800. The van der Waals surface area contributed by atoms with E-state index in [1.165, 1.54) is 13.2 Å². The van der Waals surface area contributed by atoms with Crippen molar-refractivity contribution >= 4 is 12.4 Å². The van der Waals surface area contributed by atoms with Gasteiger partial charge in [0.25, 0.3) is 0 Å². The smallest absolute Gasteiger partial charge is 0.131 e. The first kappa shape index (κ1) is 12.2. The van der Waals surface area contributed by atoms with Crippen LogP contribution >= 0.6 is 12.4 Å². The van der Waals surface area contributed by atoms with Crippen molar-refractivity contribution in [2.75, 3.05) is 7.11 Å². The van der Waals surface area contributed by atoms with Crippen molar-refractivity contribution in [2.24, 2.45) is 5.73 Å². The molecule has 0 unspecified atom stereocenters. The molecule has 13 heavy (non-hydrogen) atoms. The fraction of sp³-hybridized carbons (Fsp3) is 0.333. The summed E-state index contributed by atoms with van der Waals surface area (Å²) in [6, 6.07) is 4.32. The zero-order valence-corrected chi connectivity index (χ0v) is 8.40. The molecule has 0 aliphatic carbocycles. The van der Waals surface area contributed by atoms with Crippen LogP contribution in [0.2, 0.25) is 0 Å². The molecule has 2 nitrogen and oxygen atoms in total. The largest absolute Gasteiger partial charge is 0.496 e. The van der Waals surface area contributed by atoms with E-state index in [0.717, 1.165) is 0 Å². The Balaban J connectivity index is 0.00000144. The van der Waals surface area contributed by atoms with Crippen molar-refractivity contribution in [1.29, 1.82) is 0 Å². The predicted octanol–water partition coefficient (Wildman–Crippen LogP) is 2.28. The maximum Gasteiger partial charge on any atom is 0.131 e. The summed E-state index contributed by atoms with van der Waals surface area (Å²) in [7, 11) is 1.50. The van der Waals surface area contributed by atoms with Gasteiger partial charge < -0.3 is 10.5 Å². The van der Waals surface area contributed by atoms with Crippen LogP contribution in [-0.2, 0) is 0 Å². The van der Waals surface area contributed by atoms with Gasteiger partial charge in [0.05, 0.1) is 7.11 Å². The lowest BCUT2D eigenvalue weighted by atomic mass is 10.1. The van der Waals surface area contributed by atoms with E-state index in [9.17, 15) is 4.39 Å². The van der Waals surface area contributed by atoms with Gasteiger partial charge in [0.1, 0.15) is 11.6 Å². The van der Waals surface area contributed by atoms with Crippen molar-refractivity contribution in [2.45, 2.75) is 13.0 Å². The van der Waals surface area contributed by atoms with Crippen molar-refractivity contribution < 1.29 is 9.13 Å². The molecular formula is C9H13ClFNO.